The lowest BCUT2D eigenvalue weighted by Gasteiger charge is -2.31. The Morgan fingerprint density at radius 1 is 0.903 bits per heavy atom. The number of nitrogens with zero attached hydrogens (tertiary/aromatic N) is 1. The van der Waals surface area contributed by atoms with Crippen LogP contribution in [0.5, 0.6) is 0 Å². The lowest BCUT2D eigenvalue weighted by Crippen LogP contribution is -2.43. The van der Waals surface area contributed by atoms with Crippen molar-refractivity contribution in [3.05, 3.63) is 70.2 Å². The summed E-state index contributed by atoms with van der Waals surface area (Å²) in [6.45, 7) is 1.74. The molecule has 2 N–H and O–H groups in total. The summed E-state index contributed by atoms with van der Waals surface area (Å²) in [6, 6.07) is 18.2. The van der Waals surface area contributed by atoms with E-state index in [1.165, 1.54) is 38.6 Å². The molecule has 2 atom stereocenters. The number of halogens is 1. The molecule has 0 spiro atoms. The molecule has 5 rings (SSSR count). The standard InChI is InChI=1S/C26H32ClN3O/c27-20-9-5-19(6-10-20)17-28-26(31)29-21-11-7-18(8-12-21)15-16-30-24-13-14-25(30)23-4-2-1-3-22(23)24/h1-6,9-10,18,21,24-25H,7-8,11-17H2,(H2,28,29,31). The molecule has 1 aliphatic carbocycles. The Morgan fingerprint density at radius 3 is 2.19 bits per heavy atom. The maximum Gasteiger partial charge on any atom is 0.315 e. The van der Waals surface area contributed by atoms with Gasteiger partial charge in [0.2, 0.25) is 0 Å². The normalized spacial score (nSPS) is 27.1. The average molecular weight is 438 g/mol. The smallest absolute Gasteiger partial charge is 0.315 e. The maximum absolute atomic E-state index is 12.3. The molecule has 2 aromatic rings. The summed E-state index contributed by atoms with van der Waals surface area (Å²) in [7, 11) is 0. The van der Waals surface area contributed by atoms with Crippen LogP contribution in [0.4, 0.5) is 4.79 Å². The molecule has 0 radical (unpaired) electrons. The van der Waals surface area contributed by atoms with E-state index >= 15 is 0 Å². The highest BCUT2D eigenvalue weighted by Crippen LogP contribution is 2.53. The third kappa shape index (κ3) is 4.61. The Bertz CT molecular complexity index is 876. The van der Waals surface area contributed by atoms with Crippen molar-refractivity contribution < 1.29 is 4.79 Å². The van der Waals surface area contributed by atoms with Crippen LogP contribution in [-0.2, 0) is 6.54 Å². The van der Waals surface area contributed by atoms with Gasteiger partial charge in [0, 0.05) is 29.7 Å². The number of nitrogens with one attached hydrogen (secondary N) is 2. The van der Waals surface area contributed by atoms with Crippen molar-refractivity contribution in [2.75, 3.05) is 6.54 Å². The van der Waals surface area contributed by atoms with E-state index < -0.39 is 0 Å². The fraction of sp³-hybridized carbons (Fsp3) is 0.500. The van der Waals surface area contributed by atoms with E-state index in [-0.39, 0.29) is 6.03 Å². The minimum absolute atomic E-state index is 0.0650. The van der Waals surface area contributed by atoms with Gasteiger partial charge >= 0.3 is 6.03 Å². The summed E-state index contributed by atoms with van der Waals surface area (Å²) in [5.74, 6) is 0.790. The van der Waals surface area contributed by atoms with Crippen LogP contribution in [0.25, 0.3) is 0 Å². The van der Waals surface area contributed by atoms with Crippen LogP contribution >= 0.6 is 11.6 Å². The number of rotatable bonds is 6. The molecule has 31 heavy (non-hydrogen) atoms. The minimum Gasteiger partial charge on any atom is -0.335 e. The second-order valence-electron chi connectivity index (χ2n) is 9.44. The Hall–Kier alpha value is -2.04. The Morgan fingerprint density at radius 2 is 1.55 bits per heavy atom. The number of urea groups is 1. The minimum atomic E-state index is -0.0650. The largest absolute Gasteiger partial charge is 0.335 e. The molecule has 4 nitrogen and oxygen atoms in total. The van der Waals surface area contributed by atoms with Gasteiger partial charge in [0.25, 0.3) is 0 Å². The van der Waals surface area contributed by atoms with Gasteiger partial charge in [-0.05, 0) is 86.2 Å². The number of benzene rings is 2. The van der Waals surface area contributed by atoms with Crippen molar-refractivity contribution in [2.24, 2.45) is 5.92 Å². The fourth-order valence-corrected chi connectivity index (χ4v) is 6.04. The first-order chi connectivity index (χ1) is 15.2. The van der Waals surface area contributed by atoms with Gasteiger partial charge in [0.15, 0.2) is 0 Å². The second kappa shape index (κ2) is 9.22. The Kier molecular flexibility index (Phi) is 6.20. The molecule has 1 saturated heterocycles. The quantitative estimate of drug-likeness (QED) is 0.583. The third-order valence-corrected chi connectivity index (χ3v) is 7.82. The number of fused-ring (bicyclic) bond motifs is 5. The third-order valence-electron chi connectivity index (χ3n) is 7.57. The molecule has 2 amide bonds. The Balaban J connectivity index is 1.03. The second-order valence-corrected chi connectivity index (χ2v) is 9.87. The SMILES string of the molecule is O=C(NCc1ccc(Cl)cc1)NC1CCC(CCN2C3CCC2c2ccccc23)CC1. The van der Waals surface area contributed by atoms with Crippen LogP contribution in [-0.4, -0.2) is 23.5 Å². The molecule has 164 valence electrons. The van der Waals surface area contributed by atoms with E-state index in [2.05, 4.69) is 39.8 Å². The number of hydrogen-bond acceptors (Lipinski definition) is 2. The van der Waals surface area contributed by atoms with Gasteiger partial charge in [0.05, 0.1) is 0 Å². The molecule has 2 unspecified atom stereocenters. The van der Waals surface area contributed by atoms with Crippen LogP contribution in [0.2, 0.25) is 5.02 Å². The Labute approximate surface area is 190 Å². The van der Waals surface area contributed by atoms with E-state index in [0.29, 0.717) is 29.7 Å². The van der Waals surface area contributed by atoms with Crippen LogP contribution in [0.15, 0.2) is 48.5 Å². The lowest BCUT2D eigenvalue weighted by atomic mass is 9.84. The maximum atomic E-state index is 12.3. The molecule has 2 aromatic carbocycles. The van der Waals surface area contributed by atoms with Crippen molar-refractivity contribution in [3.63, 3.8) is 0 Å². The van der Waals surface area contributed by atoms with Crippen LogP contribution < -0.4 is 10.6 Å². The van der Waals surface area contributed by atoms with Gasteiger partial charge in [-0.25, -0.2) is 4.79 Å². The highest BCUT2D eigenvalue weighted by molar-refractivity contribution is 6.30. The molecule has 1 saturated carbocycles. The van der Waals surface area contributed by atoms with E-state index in [9.17, 15) is 4.79 Å². The molecule has 3 aliphatic rings. The van der Waals surface area contributed by atoms with Crippen molar-refractivity contribution in [3.8, 4) is 0 Å². The molecular weight excluding hydrogens is 406 g/mol. The molecule has 2 heterocycles. The predicted octanol–water partition coefficient (Wildman–Crippen LogP) is 5.98. The molecular formula is C26H32ClN3O. The van der Waals surface area contributed by atoms with Gasteiger partial charge in [-0.3, -0.25) is 4.90 Å². The van der Waals surface area contributed by atoms with Crippen molar-refractivity contribution in [2.45, 2.75) is 69.6 Å². The highest BCUT2D eigenvalue weighted by atomic mass is 35.5. The van der Waals surface area contributed by atoms with Crippen LogP contribution in [0.3, 0.4) is 0 Å². The van der Waals surface area contributed by atoms with E-state index in [1.54, 1.807) is 11.1 Å². The zero-order valence-electron chi connectivity index (χ0n) is 18.0. The molecule has 2 aliphatic heterocycles. The number of hydrogen-bond donors (Lipinski definition) is 2. The van der Waals surface area contributed by atoms with Gasteiger partial charge in [-0.2, -0.15) is 0 Å². The highest BCUT2D eigenvalue weighted by Gasteiger charge is 2.43. The van der Waals surface area contributed by atoms with E-state index in [0.717, 1.165) is 24.3 Å². The molecule has 2 fully saturated rings. The summed E-state index contributed by atoms with van der Waals surface area (Å²) in [5, 5.41) is 6.85. The van der Waals surface area contributed by atoms with Crippen molar-refractivity contribution >= 4 is 17.6 Å². The molecule has 0 aromatic heterocycles. The van der Waals surface area contributed by atoms with E-state index in [1.807, 2.05) is 24.3 Å². The summed E-state index contributed by atoms with van der Waals surface area (Å²) >= 11 is 5.91. The monoisotopic (exact) mass is 437 g/mol. The number of amides is 2. The molecule has 5 heteroatoms. The van der Waals surface area contributed by atoms with Crippen LogP contribution in [0.1, 0.15) is 73.7 Å². The predicted molar refractivity (Wildman–Crippen MR) is 125 cm³/mol. The van der Waals surface area contributed by atoms with Gasteiger partial charge in [-0.15, -0.1) is 0 Å². The van der Waals surface area contributed by atoms with E-state index in [4.69, 9.17) is 11.6 Å². The summed E-state index contributed by atoms with van der Waals surface area (Å²) in [5.41, 5.74) is 4.22. The number of carbonyl (C=O) groups is 1. The van der Waals surface area contributed by atoms with Gasteiger partial charge in [-0.1, -0.05) is 48.0 Å². The number of carbonyl (C=O) groups excluding carboxylic acids is 1. The summed E-state index contributed by atoms with van der Waals surface area (Å²) in [4.78, 5) is 15.0. The van der Waals surface area contributed by atoms with Crippen LogP contribution in [0, 0.1) is 5.92 Å². The van der Waals surface area contributed by atoms with Crippen molar-refractivity contribution in [1.29, 1.82) is 0 Å². The molecule has 2 bridgehead atoms. The zero-order chi connectivity index (χ0) is 21.2. The summed E-state index contributed by atoms with van der Waals surface area (Å²) in [6.07, 6.45) is 8.55. The fourth-order valence-electron chi connectivity index (χ4n) is 5.91. The topological polar surface area (TPSA) is 44.4 Å². The van der Waals surface area contributed by atoms with Gasteiger partial charge < -0.3 is 10.6 Å². The first-order valence-electron chi connectivity index (χ1n) is 11.8. The zero-order valence-corrected chi connectivity index (χ0v) is 18.8. The lowest BCUT2D eigenvalue weighted by molar-refractivity contribution is 0.185. The first-order valence-corrected chi connectivity index (χ1v) is 12.2. The average Bonchev–Trinajstić information content (AvgIpc) is 3.34. The van der Waals surface area contributed by atoms with Crippen molar-refractivity contribution in [1.82, 2.24) is 15.5 Å². The first kappa shape index (κ1) is 20.8. The summed E-state index contributed by atoms with van der Waals surface area (Å²) < 4.78 is 0. The van der Waals surface area contributed by atoms with Gasteiger partial charge in [0.1, 0.15) is 0 Å².